The maximum absolute atomic E-state index is 6.22. The third kappa shape index (κ3) is 4.45. The molecule has 0 aromatic heterocycles. The first-order valence-electron chi connectivity index (χ1n) is 7.19. The Labute approximate surface area is 102 Å². The van der Waals surface area contributed by atoms with Crippen LogP contribution < -0.4 is 5.73 Å². The van der Waals surface area contributed by atoms with Gasteiger partial charge in [-0.2, -0.15) is 0 Å². The highest BCUT2D eigenvalue weighted by atomic mass is 14.7. The van der Waals surface area contributed by atoms with Crippen molar-refractivity contribution >= 4 is 0 Å². The van der Waals surface area contributed by atoms with Gasteiger partial charge in [0.25, 0.3) is 0 Å². The zero-order valence-electron chi connectivity index (χ0n) is 11.8. The molecular weight excluding hydrogens is 194 g/mol. The van der Waals surface area contributed by atoms with Gasteiger partial charge in [0.05, 0.1) is 0 Å². The molecule has 1 aliphatic rings. The molecular formula is C15H31N. The van der Waals surface area contributed by atoms with Crippen molar-refractivity contribution in [3.05, 3.63) is 0 Å². The molecule has 0 aromatic carbocycles. The van der Waals surface area contributed by atoms with Crippen molar-refractivity contribution in [1.82, 2.24) is 0 Å². The molecule has 1 saturated carbocycles. The second kappa shape index (κ2) is 6.05. The van der Waals surface area contributed by atoms with E-state index in [4.69, 9.17) is 5.73 Å². The lowest BCUT2D eigenvalue weighted by molar-refractivity contribution is 0.229. The fourth-order valence-corrected chi connectivity index (χ4v) is 2.78. The molecule has 1 rings (SSSR count). The topological polar surface area (TPSA) is 26.0 Å². The summed E-state index contributed by atoms with van der Waals surface area (Å²) in [5.41, 5.74) is 6.50. The Hall–Kier alpha value is -0.0400. The van der Waals surface area contributed by atoms with Crippen molar-refractivity contribution in [2.45, 2.75) is 78.7 Å². The lowest BCUT2D eigenvalue weighted by Gasteiger charge is -2.31. The standard InChI is InChI=1S/C15H31N/c1-5-12-6-8-13(9-7-12)10-11-14(16)15(2,3)4/h12-14H,5-11,16H2,1-4H3. The molecule has 1 aliphatic carbocycles. The van der Waals surface area contributed by atoms with Crippen molar-refractivity contribution in [3.8, 4) is 0 Å². The van der Waals surface area contributed by atoms with Crippen LogP contribution in [0.15, 0.2) is 0 Å². The van der Waals surface area contributed by atoms with Crippen LogP contribution >= 0.6 is 0 Å². The minimum absolute atomic E-state index is 0.278. The Kier molecular flexibility index (Phi) is 5.30. The maximum atomic E-state index is 6.22. The highest BCUT2D eigenvalue weighted by molar-refractivity contribution is 4.79. The van der Waals surface area contributed by atoms with E-state index in [1.165, 1.54) is 44.9 Å². The van der Waals surface area contributed by atoms with Gasteiger partial charge in [-0.25, -0.2) is 0 Å². The average molecular weight is 225 g/mol. The largest absolute Gasteiger partial charge is 0.327 e. The Morgan fingerprint density at radius 2 is 1.56 bits per heavy atom. The van der Waals surface area contributed by atoms with Gasteiger partial charge in [0.2, 0.25) is 0 Å². The quantitative estimate of drug-likeness (QED) is 0.756. The number of hydrogen-bond donors (Lipinski definition) is 1. The van der Waals surface area contributed by atoms with Crippen LogP contribution in [0.25, 0.3) is 0 Å². The molecule has 1 heteroatoms. The summed E-state index contributed by atoms with van der Waals surface area (Å²) in [4.78, 5) is 0. The summed E-state index contributed by atoms with van der Waals surface area (Å²) in [6, 6.07) is 0.372. The number of rotatable bonds is 4. The third-order valence-corrected chi connectivity index (χ3v) is 4.54. The second-order valence-corrected chi connectivity index (χ2v) is 6.84. The van der Waals surface area contributed by atoms with Crippen molar-refractivity contribution in [2.75, 3.05) is 0 Å². The SMILES string of the molecule is CCC1CCC(CCC(N)C(C)(C)C)CC1. The Morgan fingerprint density at radius 3 is 2.00 bits per heavy atom. The number of hydrogen-bond acceptors (Lipinski definition) is 1. The summed E-state index contributed by atoms with van der Waals surface area (Å²) in [6.07, 6.45) is 9.79. The lowest BCUT2D eigenvalue weighted by atomic mass is 9.76. The van der Waals surface area contributed by atoms with Crippen LogP contribution in [0, 0.1) is 17.3 Å². The van der Waals surface area contributed by atoms with Crippen LogP contribution in [-0.4, -0.2) is 6.04 Å². The Morgan fingerprint density at radius 1 is 1.06 bits per heavy atom. The third-order valence-electron chi connectivity index (χ3n) is 4.54. The van der Waals surface area contributed by atoms with E-state index in [0.29, 0.717) is 6.04 Å². The van der Waals surface area contributed by atoms with Gasteiger partial charge in [0, 0.05) is 6.04 Å². The van der Waals surface area contributed by atoms with E-state index in [2.05, 4.69) is 27.7 Å². The molecule has 0 bridgehead atoms. The van der Waals surface area contributed by atoms with E-state index < -0.39 is 0 Å². The van der Waals surface area contributed by atoms with Gasteiger partial charge in [0.1, 0.15) is 0 Å². The minimum atomic E-state index is 0.278. The summed E-state index contributed by atoms with van der Waals surface area (Å²) >= 11 is 0. The van der Waals surface area contributed by atoms with Gasteiger partial charge in [-0.05, 0) is 30.1 Å². The molecule has 0 amide bonds. The first kappa shape index (κ1) is 14.0. The molecule has 0 aromatic rings. The predicted molar refractivity (Wildman–Crippen MR) is 72.4 cm³/mol. The van der Waals surface area contributed by atoms with Gasteiger partial charge in [-0.3, -0.25) is 0 Å². The van der Waals surface area contributed by atoms with Crippen LogP contribution in [0.1, 0.15) is 72.6 Å². The molecule has 1 atom stereocenters. The summed E-state index contributed by atoms with van der Waals surface area (Å²) in [5.74, 6) is 1.99. The molecule has 0 spiro atoms. The van der Waals surface area contributed by atoms with Crippen molar-refractivity contribution < 1.29 is 0 Å². The fourth-order valence-electron chi connectivity index (χ4n) is 2.78. The van der Waals surface area contributed by atoms with Crippen LogP contribution in [0.4, 0.5) is 0 Å². The molecule has 1 unspecified atom stereocenters. The Bertz CT molecular complexity index is 184. The zero-order chi connectivity index (χ0) is 12.2. The van der Waals surface area contributed by atoms with Gasteiger partial charge in [0.15, 0.2) is 0 Å². The van der Waals surface area contributed by atoms with E-state index in [1.807, 2.05) is 0 Å². The van der Waals surface area contributed by atoms with Gasteiger partial charge < -0.3 is 5.73 Å². The normalized spacial score (nSPS) is 29.1. The molecule has 96 valence electrons. The molecule has 1 fully saturated rings. The molecule has 0 aliphatic heterocycles. The second-order valence-electron chi connectivity index (χ2n) is 6.84. The first-order chi connectivity index (χ1) is 7.43. The smallest absolute Gasteiger partial charge is 0.00877 e. The Balaban J connectivity index is 2.20. The van der Waals surface area contributed by atoms with Crippen molar-refractivity contribution in [1.29, 1.82) is 0 Å². The highest BCUT2D eigenvalue weighted by Gasteiger charge is 2.24. The van der Waals surface area contributed by atoms with E-state index in [-0.39, 0.29) is 5.41 Å². The maximum Gasteiger partial charge on any atom is 0.00877 e. The summed E-state index contributed by atoms with van der Waals surface area (Å²) in [7, 11) is 0. The molecule has 0 saturated heterocycles. The molecule has 16 heavy (non-hydrogen) atoms. The summed E-state index contributed by atoms with van der Waals surface area (Å²) in [6.45, 7) is 9.10. The van der Waals surface area contributed by atoms with E-state index in [9.17, 15) is 0 Å². The molecule has 0 radical (unpaired) electrons. The fraction of sp³-hybridized carbons (Fsp3) is 1.00. The van der Waals surface area contributed by atoms with Crippen molar-refractivity contribution in [2.24, 2.45) is 23.0 Å². The number of nitrogens with two attached hydrogens (primary N) is 1. The molecule has 1 nitrogen and oxygen atoms in total. The summed E-state index contributed by atoms with van der Waals surface area (Å²) in [5, 5.41) is 0. The van der Waals surface area contributed by atoms with Crippen LogP contribution in [-0.2, 0) is 0 Å². The highest BCUT2D eigenvalue weighted by Crippen LogP contribution is 2.34. The van der Waals surface area contributed by atoms with Gasteiger partial charge in [-0.1, -0.05) is 59.8 Å². The lowest BCUT2D eigenvalue weighted by Crippen LogP contribution is -2.35. The predicted octanol–water partition coefficient (Wildman–Crippen LogP) is 4.36. The first-order valence-corrected chi connectivity index (χ1v) is 7.19. The van der Waals surface area contributed by atoms with E-state index >= 15 is 0 Å². The van der Waals surface area contributed by atoms with Crippen LogP contribution in [0.3, 0.4) is 0 Å². The van der Waals surface area contributed by atoms with E-state index in [0.717, 1.165) is 11.8 Å². The van der Waals surface area contributed by atoms with E-state index in [1.54, 1.807) is 0 Å². The zero-order valence-corrected chi connectivity index (χ0v) is 11.8. The molecule has 2 N–H and O–H groups in total. The van der Waals surface area contributed by atoms with Crippen LogP contribution in [0.5, 0.6) is 0 Å². The monoisotopic (exact) mass is 225 g/mol. The minimum Gasteiger partial charge on any atom is -0.327 e. The van der Waals surface area contributed by atoms with Gasteiger partial charge >= 0.3 is 0 Å². The van der Waals surface area contributed by atoms with Crippen molar-refractivity contribution in [3.63, 3.8) is 0 Å². The average Bonchev–Trinajstić information content (AvgIpc) is 2.25. The van der Waals surface area contributed by atoms with Gasteiger partial charge in [-0.15, -0.1) is 0 Å². The van der Waals surface area contributed by atoms with Crippen LogP contribution in [0.2, 0.25) is 0 Å². The molecule has 0 heterocycles. The summed E-state index contributed by atoms with van der Waals surface area (Å²) < 4.78 is 0.